The van der Waals surface area contributed by atoms with E-state index in [0.29, 0.717) is 27.6 Å². The van der Waals surface area contributed by atoms with Crippen molar-refractivity contribution in [2.75, 3.05) is 20.0 Å². The third kappa shape index (κ3) is 3.06. The van der Waals surface area contributed by atoms with E-state index in [9.17, 15) is 4.79 Å². The monoisotopic (exact) mass is 325 g/mol. The molecule has 2 N–H and O–H groups in total. The molecule has 0 aliphatic carbocycles. The van der Waals surface area contributed by atoms with Gasteiger partial charge in [0, 0.05) is 16.3 Å². The smallest absolute Gasteiger partial charge is 0.196 e. The number of carbonyl (C=O) groups is 1. The van der Waals surface area contributed by atoms with Crippen LogP contribution < -0.4 is 15.2 Å². The zero-order valence-corrected chi connectivity index (χ0v) is 13.0. The Bertz CT molecular complexity index is 681. The Morgan fingerprint density at radius 2 is 1.81 bits per heavy atom. The Hall–Kier alpha value is -1.91. The van der Waals surface area contributed by atoms with Crippen molar-refractivity contribution in [2.45, 2.75) is 0 Å². The second kappa shape index (κ2) is 6.24. The summed E-state index contributed by atoms with van der Waals surface area (Å²) in [6, 6.07) is 7.84. The first kappa shape index (κ1) is 15.5. The van der Waals surface area contributed by atoms with E-state index >= 15 is 0 Å². The molecular formula is C15H13Cl2NO3. The molecule has 2 rings (SSSR count). The maximum absolute atomic E-state index is 12.6. The summed E-state index contributed by atoms with van der Waals surface area (Å²) in [5.74, 6) is 0.390. The van der Waals surface area contributed by atoms with Crippen LogP contribution in [0.2, 0.25) is 10.0 Å². The summed E-state index contributed by atoms with van der Waals surface area (Å²) >= 11 is 12.1. The van der Waals surface area contributed by atoms with Gasteiger partial charge in [0.2, 0.25) is 0 Å². The number of ether oxygens (including phenoxy) is 2. The van der Waals surface area contributed by atoms with Gasteiger partial charge in [-0.2, -0.15) is 0 Å². The Morgan fingerprint density at radius 3 is 2.38 bits per heavy atom. The van der Waals surface area contributed by atoms with Crippen LogP contribution >= 0.6 is 23.2 Å². The van der Waals surface area contributed by atoms with Gasteiger partial charge >= 0.3 is 0 Å². The lowest BCUT2D eigenvalue weighted by molar-refractivity contribution is 0.103. The zero-order chi connectivity index (χ0) is 15.6. The van der Waals surface area contributed by atoms with Crippen LogP contribution in [0.5, 0.6) is 11.5 Å². The highest BCUT2D eigenvalue weighted by atomic mass is 35.5. The van der Waals surface area contributed by atoms with Crippen LogP contribution in [-0.4, -0.2) is 20.0 Å². The topological polar surface area (TPSA) is 61.5 Å². The minimum atomic E-state index is -0.286. The summed E-state index contributed by atoms with van der Waals surface area (Å²) in [4.78, 5) is 12.6. The van der Waals surface area contributed by atoms with E-state index in [1.165, 1.54) is 20.3 Å². The fourth-order valence-corrected chi connectivity index (χ4v) is 2.54. The molecule has 0 aliphatic heterocycles. The van der Waals surface area contributed by atoms with Crippen molar-refractivity contribution >= 4 is 34.7 Å². The van der Waals surface area contributed by atoms with Crippen LogP contribution in [0.1, 0.15) is 15.9 Å². The van der Waals surface area contributed by atoms with Gasteiger partial charge in [0.05, 0.1) is 19.8 Å². The van der Waals surface area contributed by atoms with Gasteiger partial charge in [0.25, 0.3) is 0 Å². The molecule has 0 fully saturated rings. The summed E-state index contributed by atoms with van der Waals surface area (Å²) < 4.78 is 10.3. The van der Waals surface area contributed by atoms with Gasteiger partial charge in [0.15, 0.2) is 11.5 Å². The molecule has 0 heterocycles. The summed E-state index contributed by atoms with van der Waals surface area (Å²) in [5.41, 5.74) is 6.79. The summed E-state index contributed by atoms with van der Waals surface area (Å²) in [6.45, 7) is 0. The van der Waals surface area contributed by atoms with Crippen molar-refractivity contribution in [1.82, 2.24) is 0 Å². The Morgan fingerprint density at radius 1 is 1.10 bits per heavy atom. The van der Waals surface area contributed by atoms with Crippen molar-refractivity contribution in [3.8, 4) is 11.5 Å². The standard InChI is InChI=1S/C15H13Cl2NO3/c1-20-12-4-3-11(15(21-2)13(12)17)14(19)8-5-9(16)7-10(18)6-8/h3-7H,18H2,1-2H3. The number of hydrogen-bond donors (Lipinski definition) is 1. The van der Waals surface area contributed by atoms with Crippen LogP contribution in [0.3, 0.4) is 0 Å². The highest BCUT2D eigenvalue weighted by molar-refractivity contribution is 6.34. The molecule has 2 aromatic carbocycles. The maximum Gasteiger partial charge on any atom is 0.196 e. The highest BCUT2D eigenvalue weighted by Gasteiger charge is 2.20. The Kier molecular flexibility index (Phi) is 4.60. The molecule has 0 bridgehead atoms. The number of halogens is 2. The average Bonchev–Trinajstić information content (AvgIpc) is 2.45. The minimum absolute atomic E-state index is 0.237. The molecular weight excluding hydrogens is 313 g/mol. The molecule has 21 heavy (non-hydrogen) atoms. The molecule has 0 spiro atoms. The number of methoxy groups -OCH3 is 2. The van der Waals surface area contributed by atoms with Crippen molar-refractivity contribution in [3.63, 3.8) is 0 Å². The lowest BCUT2D eigenvalue weighted by atomic mass is 10.0. The van der Waals surface area contributed by atoms with Gasteiger partial charge < -0.3 is 15.2 Å². The number of benzene rings is 2. The van der Waals surface area contributed by atoms with Gasteiger partial charge in [-0.25, -0.2) is 0 Å². The van der Waals surface area contributed by atoms with Gasteiger partial charge in [-0.05, 0) is 30.3 Å². The fourth-order valence-electron chi connectivity index (χ4n) is 1.97. The van der Waals surface area contributed by atoms with E-state index < -0.39 is 0 Å². The molecule has 0 aromatic heterocycles. The summed E-state index contributed by atoms with van der Waals surface area (Å²) in [5, 5.41) is 0.623. The van der Waals surface area contributed by atoms with E-state index in [2.05, 4.69) is 0 Å². The van der Waals surface area contributed by atoms with Crippen LogP contribution in [0.25, 0.3) is 0 Å². The Labute approximate surface area is 132 Å². The first-order valence-electron chi connectivity index (χ1n) is 5.99. The molecule has 0 saturated carbocycles. The van der Waals surface area contributed by atoms with Crippen LogP contribution in [0.15, 0.2) is 30.3 Å². The van der Waals surface area contributed by atoms with E-state index in [4.69, 9.17) is 38.4 Å². The largest absolute Gasteiger partial charge is 0.495 e. The SMILES string of the molecule is COc1ccc(C(=O)c2cc(N)cc(Cl)c2)c(OC)c1Cl. The normalized spacial score (nSPS) is 10.3. The van der Waals surface area contributed by atoms with Crippen molar-refractivity contribution in [1.29, 1.82) is 0 Å². The predicted octanol–water partition coefficient (Wildman–Crippen LogP) is 3.82. The molecule has 2 aromatic rings. The molecule has 6 heteroatoms. The van der Waals surface area contributed by atoms with Crippen LogP contribution in [-0.2, 0) is 0 Å². The third-order valence-corrected chi connectivity index (χ3v) is 3.49. The van der Waals surface area contributed by atoms with E-state index in [1.807, 2.05) is 0 Å². The number of ketones is 1. The second-order valence-electron chi connectivity index (χ2n) is 4.26. The van der Waals surface area contributed by atoms with Crippen LogP contribution in [0.4, 0.5) is 5.69 Å². The Balaban J connectivity index is 2.55. The summed E-state index contributed by atoms with van der Waals surface area (Å²) in [7, 11) is 2.92. The van der Waals surface area contributed by atoms with Gasteiger partial charge in [0.1, 0.15) is 10.8 Å². The van der Waals surface area contributed by atoms with Gasteiger partial charge in [-0.15, -0.1) is 0 Å². The van der Waals surface area contributed by atoms with Crippen molar-refractivity contribution < 1.29 is 14.3 Å². The quantitative estimate of drug-likeness (QED) is 0.685. The summed E-state index contributed by atoms with van der Waals surface area (Å²) in [6.07, 6.45) is 0. The number of rotatable bonds is 4. The lowest BCUT2D eigenvalue weighted by Gasteiger charge is -2.12. The lowest BCUT2D eigenvalue weighted by Crippen LogP contribution is -2.06. The molecule has 110 valence electrons. The number of nitrogens with two attached hydrogens (primary N) is 1. The third-order valence-electron chi connectivity index (χ3n) is 2.91. The minimum Gasteiger partial charge on any atom is -0.495 e. The highest BCUT2D eigenvalue weighted by Crippen LogP contribution is 2.38. The molecule has 0 amide bonds. The molecule has 0 saturated heterocycles. The number of carbonyl (C=O) groups excluding carboxylic acids is 1. The molecule has 0 atom stereocenters. The molecule has 0 unspecified atom stereocenters. The first-order valence-corrected chi connectivity index (χ1v) is 6.74. The van der Waals surface area contributed by atoms with Crippen molar-refractivity contribution in [3.05, 3.63) is 51.5 Å². The molecule has 4 nitrogen and oxygen atoms in total. The predicted molar refractivity (Wildman–Crippen MR) is 83.9 cm³/mol. The second-order valence-corrected chi connectivity index (χ2v) is 5.08. The first-order chi connectivity index (χ1) is 9.97. The average molecular weight is 326 g/mol. The zero-order valence-electron chi connectivity index (χ0n) is 11.4. The number of anilines is 1. The number of nitrogen functional groups attached to an aromatic ring is 1. The fraction of sp³-hybridized carbons (Fsp3) is 0.133. The van der Waals surface area contributed by atoms with Crippen LogP contribution in [0, 0.1) is 0 Å². The van der Waals surface area contributed by atoms with E-state index in [1.54, 1.807) is 24.3 Å². The van der Waals surface area contributed by atoms with E-state index in [-0.39, 0.29) is 16.6 Å². The maximum atomic E-state index is 12.6. The van der Waals surface area contributed by atoms with Gasteiger partial charge in [-0.3, -0.25) is 4.79 Å². The number of hydrogen-bond acceptors (Lipinski definition) is 4. The molecule has 0 aliphatic rings. The molecule has 0 radical (unpaired) electrons. The van der Waals surface area contributed by atoms with Crippen molar-refractivity contribution in [2.24, 2.45) is 0 Å². The van der Waals surface area contributed by atoms with E-state index in [0.717, 1.165) is 0 Å². The van der Waals surface area contributed by atoms with Gasteiger partial charge in [-0.1, -0.05) is 23.2 Å².